The van der Waals surface area contributed by atoms with Gasteiger partial charge in [-0.3, -0.25) is 0 Å². The van der Waals surface area contributed by atoms with Crippen LogP contribution in [0.15, 0.2) is 42.5 Å². The lowest BCUT2D eigenvalue weighted by Crippen LogP contribution is -2.09. The second-order valence-corrected chi connectivity index (χ2v) is 4.51. The molecule has 1 nitrogen and oxygen atoms in total. The molecule has 2 aromatic carbocycles. The topological polar surface area (TPSA) is 12.0 Å². The third kappa shape index (κ3) is 3.50. The summed E-state index contributed by atoms with van der Waals surface area (Å²) in [7, 11) is 0. The van der Waals surface area contributed by atoms with Gasteiger partial charge in [0.25, 0.3) is 0 Å². The molecule has 0 heterocycles. The molecule has 106 valence electrons. The Bertz CT molecular complexity index is 588. The molecule has 0 amide bonds. The molecule has 0 bridgehead atoms. The van der Waals surface area contributed by atoms with Crippen molar-refractivity contribution in [3.63, 3.8) is 0 Å². The number of nitrogens with one attached hydrogen (secondary N) is 1. The minimum atomic E-state index is -4.36. The lowest BCUT2D eigenvalue weighted by molar-refractivity contribution is -0.138. The number of rotatable bonds is 3. The summed E-state index contributed by atoms with van der Waals surface area (Å²) in [6.45, 7) is 1.76. The van der Waals surface area contributed by atoms with Crippen molar-refractivity contribution < 1.29 is 17.6 Å². The highest BCUT2D eigenvalue weighted by atomic mass is 19.4. The Morgan fingerprint density at radius 3 is 2.25 bits per heavy atom. The molecule has 5 heteroatoms. The van der Waals surface area contributed by atoms with E-state index in [4.69, 9.17) is 0 Å². The summed E-state index contributed by atoms with van der Waals surface area (Å²) in [4.78, 5) is 0. The average Bonchev–Trinajstić information content (AvgIpc) is 2.38. The molecule has 0 aliphatic rings. The van der Waals surface area contributed by atoms with Gasteiger partial charge in [0.1, 0.15) is 5.82 Å². The van der Waals surface area contributed by atoms with Gasteiger partial charge in [-0.2, -0.15) is 13.2 Å². The first kappa shape index (κ1) is 14.4. The van der Waals surface area contributed by atoms with E-state index in [9.17, 15) is 17.6 Å². The minimum absolute atomic E-state index is 0.185. The van der Waals surface area contributed by atoms with Gasteiger partial charge in [0.15, 0.2) is 0 Å². The number of hydrogen-bond donors (Lipinski definition) is 1. The molecule has 0 saturated heterocycles. The fourth-order valence-electron chi connectivity index (χ4n) is 1.84. The monoisotopic (exact) mass is 283 g/mol. The fourth-order valence-corrected chi connectivity index (χ4v) is 1.84. The van der Waals surface area contributed by atoms with Crippen LogP contribution in [0.5, 0.6) is 0 Å². The van der Waals surface area contributed by atoms with Gasteiger partial charge in [0.05, 0.1) is 5.56 Å². The van der Waals surface area contributed by atoms with Crippen LogP contribution in [0, 0.1) is 12.7 Å². The van der Waals surface area contributed by atoms with Crippen LogP contribution in [0.1, 0.15) is 16.7 Å². The van der Waals surface area contributed by atoms with Crippen LogP contribution in [0.25, 0.3) is 0 Å². The van der Waals surface area contributed by atoms with Crippen LogP contribution in [-0.4, -0.2) is 0 Å². The predicted octanol–water partition coefficient (Wildman–Crippen LogP) is 4.77. The third-order valence-electron chi connectivity index (χ3n) is 2.95. The quantitative estimate of drug-likeness (QED) is 0.800. The lowest BCUT2D eigenvalue weighted by Gasteiger charge is -2.13. The highest BCUT2D eigenvalue weighted by Gasteiger charge is 2.32. The number of hydrogen-bond acceptors (Lipinski definition) is 1. The van der Waals surface area contributed by atoms with Crippen LogP contribution in [0.3, 0.4) is 0 Å². The van der Waals surface area contributed by atoms with Crippen molar-refractivity contribution in [1.82, 2.24) is 0 Å². The number of benzene rings is 2. The van der Waals surface area contributed by atoms with Gasteiger partial charge in [-0.15, -0.1) is 0 Å². The van der Waals surface area contributed by atoms with E-state index in [2.05, 4.69) is 5.32 Å². The van der Waals surface area contributed by atoms with E-state index < -0.39 is 11.7 Å². The summed E-state index contributed by atoms with van der Waals surface area (Å²) in [5.74, 6) is -0.344. The van der Waals surface area contributed by atoms with E-state index >= 15 is 0 Å². The molecule has 20 heavy (non-hydrogen) atoms. The van der Waals surface area contributed by atoms with Crippen molar-refractivity contribution in [2.75, 3.05) is 5.32 Å². The lowest BCUT2D eigenvalue weighted by atomic mass is 10.1. The van der Waals surface area contributed by atoms with Crippen molar-refractivity contribution in [2.45, 2.75) is 19.6 Å². The summed E-state index contributed by atoms with van der Waals surface area (Å²) in [5, 5.41) is 2.90. The Morgan fingerprint density at radius 1 is 1.00 bits per heavy atom. The van der Waals surface area contributed by atoms with Crippen molar-refractivity contribution in [1.29, 1.82) is 0 Å². The largest absolute Gasteiger partial charge is 0.416 e. The molecule has 2 aromatic rings. The first-order valence-corrected chi connectivity index (χ1v) is 6.02. The Kier molecular flexibility index (Phi) is 3.97. The van der Waals surface area contributed by atoms with E-state index in [0.29, 0.717) is 12.2 Å². The van der Waals surface area contributed by atoms with Crippen LogP contribution in [0.2, 0.25) is 0 Å². The van der Waals surface area contributed by atoms with Crippen LogP contribution in [-0.2, 0) is 12.7 Å². The van der Waals surface area contributed by atoms with Crippen LogP contribution < -0.4 is 5.32 Å². The molecular formula is C15H13F4N. The van der Waals surface area contributed by atoms with Crippen molar-refractivity contribution in [3.05, 3.63) is 65.0 Å². The summed E-state index contributed by atoms with van der Waals surface area (Å²) < 4.78 is 51.0. The molecule has 0 aromatic heterocycles. The molecule has 0 aliphatic carbocycles. The second kappa shape index (κ2) is 5.53. The molecule has 0 atom stereocenters. The normalized spacial score (nSPS) is 11.4. The van der Waals surface area contributed by atoms with E-state index in [0.717, 1.165) is 11.6 Å². The fraction of sp³-hybridized carbons (Fsp3) is 0.200. The molecule has 0 saturated carbocycles. The van der Waals surface area contributed by atoms with E-state index in [1.54, 1.807) is 18.2 Å². The molecular weight excluding hydrogens is 270 g/mol. The first-order valence-electron chi connectivity index (χ1n) is 6.02. The Balaban J connectivity index is 2.12. The molecule has 2 rings (SSSR count). The zero-order valence-electron chi connectivity index (χ0n) is 10.8. The molecule has 0 aliphatic heterocycles. The minimum Gasteiger partial charge on any atom is -0.381 e. The standard InChI is InChI=1S/C15H13F4N/c1-10-2-7-13(8-14(10)15(17,18)19)20-9-11-3-5-12(16)6-4-11/h2-8,20H,9H2,1H3. The summed E-state index contributed by atoms with van der Waals surface area (Å²) in [6.07, 6.45) is -4.36. The van der Waals surface area contributed by atoms with E-state index in [1.165, 1.54) is 25.1 Å². The van der Waals surface area contributed by atoms with Gasteiger partial charge in [-0.1, -0.05) is 18.2 Å². The molecule has 0 fully saturated rings. The Labute approximate surface area is 114 Å². The molecule has 1 N–H and O–H groups in total. The van der Waals surface area contributed by atoms with Gasteiger partial charge in [-0.25, -0.2) is 4.39 Å². The number of halogens is 4. The highest BCUT2D eigenvalue weighted by Crippen LogP contribution is 2.33. The summed E-state index contributed by atoms with van der Waals surface area (Å²) >= 11 is 0. The van der Waals surface area contributed by atoms with Crippen molar-refractivity contribution >= 4 is 5.69 Å². The molecule has 0 spiro atoms. The van der Waals surface area contributed by atoms with E-state index in [-0.39, 0.29) is 11.4 Å². The maximum Gasteiger partial charge on any atom is 0.416 e. The SMILES string of the molecule is Cc1ccc(NCc2ccc(F)cc2)cc1C(F)(F)F. The number of alkyl halides is 3. The highest BCUT2D eigenvalue weighted by molar-refractivity contribution is 5.49. The zero-order valence-corrected chi connectivity index (χ0v) is 10.8. The maximum atomic E-state index is 12.8. The zero-order chi connectivity index (χ0) is 14.8. The van der Waals surface area contributed by atoms with Gasteiger partial charge in [0.2, 0.25) is 0 Å². The Morgan fingerprint density at radius 2 is 1.65 bits per heavy atom. The van der Waals surface area contributed by atoms with E-state index in [1.807, 2.05) is 0 Å². The van der Waals surface area contributed by atoms with Gasteiger partial charge in [-0.05, 0) is 42.3 Å². The van der Waals surface area contributed by atoms with Gasteiger partial charge in [0, 0.05) is 12.2 Å². The smallest absolute Gasteiger partial charge is 0.381 e. The van der Waals surface area contributed by atoms with Crippen molar-refractivity contribution in [2.24, 2.45) is 0 Å². The van der Waals surface area contributed by atoms with Gasteiger partial charge >= 0.3 is 6.18 Å². The maximum absolute atomic E-state index is 12.8. The third-order valence-corrected chi connectivity index (χ3v) is 2.95. The average molecular weight is 283 g/mol. The first-order chi connectivity index (χ1) is 9.36. The van der Waals surface area contributed by atoms with Crippen LogP contribution >= 0.6 is 0 Å². The second-order valence-electron chi connectivity index (χ2n) is 4.51. The summed E-state index contributed by atoms with van der Waals surface area (Å²) in [6, 6.07) is 9.89. The number of anilines is 1. The summed E-state index contributed by atoms with van der Waals surface area (Å²) in [5.41, 5.74) is 0.708. The van der Waals surface area contributed by atoms with Crippen LogP contribution in [0.4, 0.5) is 23.2 Å². The predicted molar refractivity (Wildman–Crippen MR) is 69.9 cm³/mol. The Hall–Kier alpha value is -2.04. The number of aryl methyl sites for hydroxylation is 1. The van der Waals surface area contributed by atoms with Crippen molar-refractivity contribution in [3.8, 4) is 0 Å². The molecule has 0 unspecified atom stereocenters. The molecule has 0 radical (unpaired) electrons. The van der Waals surface area contributed by atoms with Gasteiger partial charge < -0.3 is 5.32 Å².